The SMILES string of the molecule is CC[C@H](N)c1n[nH]c(=O)n1-c1ccccc1Cl. The Hall–Kier alpha value is -1.59. The first-order valence-electron chi connectivity index (χ1n) is 5.33. The third-order valence-electron chi connectivity index (χ3n) is 2.56. The maximum atomic E-state index is 11.7. The van der Waals surface area contributed by atoms with Gasteiger partial charge in [-0.05, 0) is 18.6 Å². The number of hydrogen-bond acceptors (Lipinski definition) is 3. The van der Waals surface area contributed by atoms with Crippen LogP contribution in [0.5, 0.6) is 0 Å². The van der Waals surface area contributed by atoms with E-state index in [0.29, 0.717) is 23.0 Å². The van der Waals surface area contributed by atoms with Gasteiger partial charge in [0.05, 0.1) is 16.8 Å². The highest BCUT2D eigenvalue weighted by molar-refractivity contribution is 6.32. The highest BCUT2D eigenvalue weighted by Gasteiger charge is 2.17. The molecule has 1 aromatic heterocycles. The Labute approximate surface area is 103 Å². The molecule has 0 aliphatic rings. The smallest absolute Gasteiger partial charge is 0.321 e. The van der Waals surface area contributed by atoms with Gasteiger partial charge < -0.3 is 5.73 Å². The maximum absolute atomic E-state index is 11.7. The number of nitrogens with two attached hydrogens (primary N) is 1. The maximum Gasteiger partial charge on any atom is 0.348 e. The van der Waals surface area contributed by atoms with Crippen LogP contribution in [0.25, 0.3) is 5.69 Å². The van der Waals surface area contributed by atoms with Crippen LogP contribution in [0.4, 0.5) is 0 Å². The Morgan fingerprint density at radius 2 is 2.24 bits per heavy atom. The number of hydrogen-bond donors (Lipinski definition) is 2. The van der Waals surface area contributed by atoms with E-state index in [2.05, 4.69) is 10.2 Å². The molecule has 0 bridgehead atoms. The van der Waals surface area contributed by atoms with Crippen LogP contribution < -0.4 is 11.4 Å². The van der Waals surface area contributed by atoms with Crippen molar-refractivity contribution in [2.24, 2.45) is 5.73 Å². The van der Waals surface area contributed by atoms with Crippen LogP contribution in [0.15, 0.2) is 29.1 Å². The molecule has 5 nitrogen and oxygen atoms in total. The Morgan fingerprint density at radius 1 is 1.53 bits per heavy atom. The standard InChI is InChI=1S/C11H13ClN4O/c1-2-8(13)10-14-15-11(17)16(10)9-6-4-3-5-7(9)12/h3-6,8H,2,13H2,1H3,(H,15,17)/t8-/m0/s1. The van der Waals surface area contributed by atoms with Crippen molar-refractivity contribution in [3.8, 4) is 5.69 Å². The first kappa shape index (κ1) is 11.9. The van der Waals surface area contributed by atoms with Crippen molar-refractivity contribution >= 4 is 11.6 Å². The molecule has 0 radical (unpaired) electrons. The molecule has 0 aliphatic carbocycles. The normalized spacial score (nSPS) is 12.6. The number of H-pyrrole nitrogens is 1. The van der Waals surface area contributed by atoms with Crippen LogP contribution in [-0.2, 0) is 0 Å². The molecule has 2 aromatic rings. The Bertz CT molecular complexity index is 575. The summed E-state index contributed by atoms with van der Waals surface area (Å²) >= 11 is 6.07. The summed E-state index contributed by atoms with van der Waals surface area (Å²) in [5, 5.41) is 6.83. The fourth-order valence-electron chi connectivity index (χ4n) is 1.61. The van der Waals surface area contributed by atoms with Crippen LogP contribution in [0.1, 0.15) is 25.2 Å². The van der Waals surface area contributed by atoms with E-state index in [1.54, 1.807) is 18.2 Å². The van der Waals surface area contributed by atoms with Crippen molar-refractivity contribution in [1.82, 2.24) is 14.8 Å². The van der Waals surface area contributed by atoms with E-state index in [9.17, 15) is 4.79 Å². The lowest BCUT2D eigenvalue weighted by Gasteiger charge is -2.11. The van der Waals surface area contributed by atoms with Gasteiger partial charge in [0.15, 0.2) is 5.82 Å². The van der Waals surface area contributed by atoms with Gasteiger partial charge in [-0.1, -0.05) is 30.7 Å². The van der Waals surface area contributed by atoms with Gasteiger partial charge in [0, 0.05) is 0 Å². The molecule has 90 valence electrons. The average Bonchev–Trinajstić information content (AvgIpc) is 2.71. The molecule has 17 heavy (non-hydrogen) atoms. The number of nitrogens with zero attached hydrogens (tertiary/aromatic N) is 2. The van der Waals surface area contributed by atoms with E-state index >= 15 is 0 Å². The Kier molecular flexibility index (Phi) is 3.31. The molecule has 0 saturated carbocycles. The molecule has 1 heterocycles. The average molecular weight is 253 g/mol. The molecule has 2 rings (SSSR count). The number of nitrogens with one attached hydrogen (secondary N) is 1. The lowest BCUT2D eigenvalue weighted by atomic mass is 10.2. The van der Waals surface area contributed by atoms with Crippen LogP contribution in [-0.4, -0.2) is 14.8 Å². The van der Waals surface area contributed by atoms with Crippen molar-refractivity contribution in [2.75, 3.05) is 0 Å². The van der Waals surface area contributed by atoms with Crippen molar-refractivity contribution in [2.45, 2.75) is 19.4 Å². The summed E-state index contributed by atoms with van der Waals surface area (Å²) in [6.45, 7) is 1.93. The quantitative estimate of drug-likeness (QED) is 0.872. The molecule has 0 saturated heterocycles. The highest BCUT2D eigenvalue weighted by Crippen LogP contribution is 2.21. The largest absolute Gasteiger partial charge is 0.348 e. The number of aromatic amines is 1. The van der Waals surface area contributed by atoms with E-state index in [4.69, 9.17) is 17.3 Å². The Balaban J connectivity index is 2.63. The van der Waals surface area contributed by atoms with Gasteiger partial charge in [0.1, 0.15) is 0 Å². The fourth-order valence-corrected chi connectivity index (χ4v) is 1.83. The first-order chi connectivity index (χ1) is 8.15. The number of benzene rings is 1. The summed E-state index contributed by atoms with van der Waals surface area (Å²) in [6.07, 6.45) is 0.689. The van der Waals surface area contributed by atoms with Gasteiger partial charge in [-0.25, -0.2) is 14.5 Å². The van der Waals surface area contributed by atoms with Crippen LogP contribution in [0.3, 0.4) is 0 Å². The number of rotatable bonds is 3. The molecule has 0 unspecified atom stereocenters. The zero-order chi connectivity index (χ0) is 12.4. The van der Waals surface area contributed by atoms with Gasteiger partial charge in [0.2, 0.25) is 0 Å². The fraction of sp³-hybridized carbons (Fsp3) is 0.273. The van der Waals surface area contributed by atoms with E-state index in [1.165, 1.54) is 4.57 Å². The molecule has 1 aromatic carbocycles. The number of halogens is 1. The van der Waals surface area contributed by atoms with Gasteiger partial charge in [0.25, 0.3) is 0 Å². The van der Waals surface area contributed by atoms with E-state index in [1.807, 2.05) is 13.0 Å². The van der Waals surface area contributed by atoms with Crippen LogP contribution >= 0.6 is 11.6 Å². The lowest BCUT2D eigenvalue weighted by molar-refractivity contribution is 0.631. The number of para-hydroxylation sites is 1. The van der Waals surface area contributed by atoms with E-state index < -0.39 is 0 Å². The topological polar surface area (TPSA) is 76.7 Å². The van der Waals surface area contributed by atoms with Crippen molar-refractivity contribution in [3.05, 3.63) is 45.6 Å². The van der Waals surface area contributed by atoms with E-state index in [0.717, 1.165) is 0 Å². The molecular formula is C11H13ClN4O. The van der Waals surface area contributed by atoms with Crippen LogP contribution in [0.2, 0.25) is 5.02 Å². The first-order valence-corrected chi connectivity index (χ1v) is 5.70. The van der Waals surface area contributed by atoms with Crippen molar-refractivity contribution in [1.29, 1.82) is 0 Å². The second-order valence-corrected chi connectivity index (χ2v) is 4.10. The predicted octanol–water partition coefficient (Wildman–Crippen LogP) is 1.62. The lowest BCUT2D eigenvalue weighted by Crippen LogP contribution is -2.21. The summed E-state index contributed by atoms with van der Waals surface area (Å²) < 4.78 is 1.41. The monoisotopic (exact) mass is 252 g/mol. The zero-order valence-electron chi connectivity index (χ0n) is 9.35. The van der Waals surface area contributed by atoms with Crippen molar-refractivity contribution in [3.63, 3.8) is 0 Å². The summed E-state index contributed by atoms with van der Waals surface area (Å²) in [4.78, 5) is 11.7. The minimum Gasteiger partial charge on any atom is -0.321 e. The minimum absolute atomic E-state index is 0.301. The van der Waals surface area contributed by atoms with Crippen LogP contribution in [0, 0.1) is 0 Å². The highest BCUT2D eigenvalue weighted by atomic mass is 35.5. The van der Waals surface area contributed by atoms with Gasteiger partial charge in [-0.15, -0.1) is 0 Å². The zero-order valence-corrected chi connectivity index (χ0v) is 10.1. The van der Waals surface area contributed by atoms with Gasteiger partial charge in [-0.2, -0.15) is 5.10 Å². The number of aromatic nitrogens is 3. The van der Waals surface area contributed by atoms with Gasteiger partial charge in [-0.3, -0.25) is 0 Å². The summed E-state index contributed by atoms with van der Waals surface area (Å²) in [5.41, 5.74) is 6.16. The molecular weight excluding hydrogens is 240 g/mol. The second kappa shape index (κ2) is 4.73. The van der Waals surface area contributed by atoms with E-state index in [-0.39, 0.29) is 11.7 Å². The summed E-state index contributed by atoms with van der Waals surface area (Å²) in [6, 6.07) is 6.78. The molecule has 0 aliphatic heterocycles. The second-order valence-electron chi connectivity index (χ2n) is 3.69. The molecule has 0 fully saturated rings. The van der Waals surface area contributed by atoms with Crippen molar-refractivity contribution < 1.29 is 0 Å². The third-order valence-corrected chi connectivity index (χ3v) is 2.88. The summed E-state index contributed by atoms with van der Waals surface area (Å²) in [7, 11) is 0. The molecule has 1 atom stereocenters. The van der Waals surface area contributed by atoms with Gasteiger partial charge >= 0.3 is 5.69 Å². The minimum atomic E-state index is -0.336. The molecule has 3 N–H and O–H groups in total. The molecule has 0 spiro atoms. The Morgan fingerprint density at radius 3 is 2.88 bits per heavy atom. The third kappa shape index (κ3) is 2.11. The predicted molar refractivity (Wildman–Crippen MR) is 66.4 cm³/mol. The molecule has 0 amide bonds. The molecule has 6 heteroatoms. The summed E-state index contributed by atoms with van der Waals surface area (Å²) in [5.74, 6) is 0.491.